The van der Waals surface area contributed by atoms with E-state index in [0.717, 1.165) is 0 Å². The Labute approximate surface area is 232 Å². The Morgan fingerprint density at radius 2 is 1.05 bits per heavy atom. The van der Waals surface area contributed by atoms with Crippen LogP contribution in [-0.2, 0) is 43.2 Å². The molecule has 5 atom stereocenters. The monoisotopic (exact) mass is 590 g/mol. The van der Waals surface area contributed by atoms with Crippen LogP contribution in [0.5, 0.6) is 0 Å². The van der Waals surface area contributed by atoms with Crippen LogP contribution >= 0.6 is 0 Å². The van der Waals surface area contributed by atoms with Crippen molar-refractivity contribution in [2.24, 2.45) is 17.4 Å². The molecule has 0 spiro atoms. The summed E-state index contributed by atoms with van der Waals surface area (Å²) in [6, 6.07) is -8.46. The highest BCUT2D eigenvalue weighted by molar-refractivity contribution is 5.98. The van der Waals surface area contributed by atoms with Crippen molar-refractivity contribution in [3.05, 3.63) is 0 Å². The van der Waals surface area contributed by atoms with Gasteiger partial charge in [0.25, 0.3) is 0 Å². The molecule has 41 heavy (non-hydrogen) atoms. The summed E-state index contributed by atoms with van der Waals surface area (Å²) in [6.07, 6.45) is -3.72. The van der Waals surface area contributed by atoms with Crippen LogP contribution in [0.15, 0.2) is 0 Å². The van der Waals surface area contributed by atoms with Gasteiger partial charge in [-0.2, -0.15) is 0 Å². The number of hydrogen-bond donors (Lipinski definition) is 10. The van der Waals surface area contributed by atoms with Crippen LogP contribution in [-0.4, -0.2) is 104 Å². The molecular weight excluding hydrogens is 556 g/mol. The second kappa shape index (κ2) is 17.0. The van der Waals surface area contributed by atoms with Gasteiger partial charge in [-0.15, -0.1) is 0 Å². The molecule has 0 aliphatic carbocycles. The summed E-state index contributed by atoms with van der Waals surface area (Å²) >= 11 is 0. The number of primary amides is 1. The smallest absolute Gasteiger partial charge is 0.326 e. The first kappa shape index (κ1) is 36.2. The first-order chi connectivity index (χ1) is 18.8. The molecule has 0 fully saturated rings. The molecule has 0 bridgehead atoms. The number of carbonyl (C=O) groups excluding carboxylic acids is 5. The van der Waals surface area contributed by atoms with Crippen LogP contribution in [0.2, 0.25) is 0 Å². The van der Waals surface area contributed by atoms with Crippen molar-refractivity contribution in [1.82, 2.24) is 21.3 Å². The van der Waals surface area contributed by atoms with Crippen LogP contribution in [0.1, 0.15) is 46.0 Å². The van der Waals surface area contributed by atoms with E-state index in [1.165, 1.54) is 13.8 Å². The van der Waals surface area contributed by atoms with Gasteiger partial charge in [0, 0.05) is 6.42 Å². The van der Waals surface area contributed by atoms with Gasteiger partial charge in [0.2, 0.25) is 29.5 Å². The van der Waals surface area contributed by atoms with Crippen molar-refractivity contribution in [2.45, 2.75) is 76.2 Å². The topological polar surface area (TPSA) is 335 Å². The number of carboxylic acid groups (broad SMARTS) is 4. The predicted molar refractivity (Wildman–Crippen MR) is 133 cm³/mol. The van der Waals surface area contributed by atoms with E-state index in [4.69, 9.17) is 26.8 Å². The molecule has 0 aromatic rings. The van der Waals surface area contributed by atoms with E-state index in [0.29, 0.717) is 0 Å². The van der Waals surface area contributed by atoms with Crippen molar-refractivity contribution in [1.29, 1.82) is 0 Å². The first-order valence-corrected chi connectivity index (χ1v) is 12.0. The third kappa shape index (κ3) is 14.2. The Bertz CT molecular complexity index is 1050. The Morgan fingerprint density at radius 1 is 0.610 bits per heavy atom. The number of nitrogens with one attached hydrogen (secondary N) is 4. The average Bonchev–Trinajstić information content (AvgIpc) is 2.82. The van der Waals surface area contributed by atoms with Gasteiger partial charge in [-0.3, -0.25) is 38.4 Å². The zero-order valence-corrected chi connectivity index (χ0v) is 22.1. The summed E-state index contributed by atoms with van der Waals surface area (Å²) in [5, 5.41) is 44.4. The van der Waals surface area contributed by atoms with Crippen LogP contribution < -0.4 is 32.7 Å². The summed E-state index contributed by atoms with van der Waals surface area (Å²) in [5.41, 5.74) is 10.6. The quantitative estimate of drug-likeness (QED) is 0.0680. The number of carbonyl (C=O) groups is 9. The lowest BCUT2D eigenvalue weighted by Crippen LogP contribution is -2.60. The number of aliphatic carboxylic acids is 4. The van der Waals surface area contributed by atoms with E-state index in [-0.39, 0.29) is 6.42 Å². The lowest BCUT2D eigenvalue weighted by molar-refractivity contribution is -0.145. The molecular formula is C22H34N6O13. The number of hydrogen-bond acceptors (Lipinski definition) is 10. The lowest BCUT2D eigenvalue weighted by Gasteiger charge is -2.27. The van der Waals surface area contributed by atoms with Crippen molar-refractivity contribution < 1.29 is 63.6 Å². The second-order valence-corrected chi connectivity index (χ2v) is 9.16. The Kier molecular flexibility index (Phi) is 15.0. The summed E-state index contributed by atoms with van der Waals surface area (Å²) in [7, 11) is 0. The molecule has 0 rings (SSSR count). The molecule has 0 aliphatic rings. The average molecular weight is 591 g/mol. The molecule has 0 radical (unpaired) electrons. The van der Waals surface area contributed by atoms with Crippen molar-refractivity contribution >= 4 is 53.4 Å². The molecule has 5 amide bonds. The highest BCUT2D eigenvalue weighted by Crippen LogP contribution is 2.07. The van der Waals surface area contributed by atoms with E-state index < -0.39 is 115 Å². The fourth-order valence-corrected chi connectivity index (χ4v) is 3.18. The van der Waals surface area contributed by atoms with E-state index in [1.807, 2.05) is 10.6 Å². The standard InChI is InChI=1S/C22H34N6O13/c1-8(2)17(28-18(36)9(23)3-4-14(30)31)21(39)26-11(7-16(34)35)19(37)25-10(6-15(32)33)20(38)27-12(22(40)41)5-13(24)29/h8-12,17H,3-7,23H2,1-2H3,(H2,24,29)(H,25,37)(H,26,39)(H,27,38)(H,28,36)(H,30,31)(H,32,33)(H,34,35)(H,40,41)/t9-,10-,11-,12-,17-/m0/s1. The summed E-state index contributed by atoms with van der Waals surface area (Å²) in [5.74, 6) is -12.6. The summed E-state index contributed by atoms with van der Waals surface area (Å²) in [4.78, 5) is 106. The third-order valence-corrected chi connectivity index (χ3v) is 5.30. The fourth-order valence-electron chi connectivity index (χ4n) is 3.18. The van der Waals surface area contributed by atoms with Crippen molar-refractivity contribution in [2.75, 3.05) is 0 Å². The highest BCUT2D eigenvalue weighted by atomic mass is 16.4. The Balaban J connectivity index is 5.82. The molecule has 0 saturated heterocycles. The number of rotatable bonds is 19. The SMILES string of the molecule is CC(C)[C@H](NC(=O)[C@@H](N)CCC(=O)O)C(=O)N[C@@H](CC(=O)O)C(=O)N[C@@H](CC(=O)O)C(=O)N[C@@H](CC(N)=O)C(=O)O. The van der Waals surface area contributed by atoms with E-state index in [9.17, 15) is 48.3 Å². The summed E-state index contributed by atoms with van der Waals surface area (Å²) in [6.45, 7) is 2.97. The third-order valence-electron chi connectivity index (χ3n) is 5.30. The zero-order valence-electron chi connectivity index (χ0n) is 22.1. The molecule has 0 saturated carbocycles. The first-order valence-electron chi connectivity index (χ1n) is 12.0. The molecule has 0 aliphatic heterocycles. The van der Waals surface area contributed by atoms with Gasteiger partial charge in [0.15, 0.2) is 0 Å². The van der Waals surface area contributed by atoms with E-state index >= 15 is 0 Å². The van der Waals surface area contributed by atoms with Crippen LogP contribution in [0.25, 0.3) is 0 Å². The second-order valence-electron chi connectivity index (χ2n) is 9.16. The molecule has 0 aromatic heterocycles. The van der Waals surface area contributed by atoms with Gasteiger partial charge in [-0.25, -0.2) is 4.79 Å². The Morgan fingerprint density at radius 3 is 1.41 bits per heavy atom. The minimum Gasteiger partial charge on any atom is -0.481 e. The maximum absolute atomic E-state index is 12.9. The highest BCUT2D eigenvalue weighted by Gasteiger charge is 2.34. The van der Waals surface area contributed by atoms with Gasteiger partial charge < -0.3 is 53.2 Å². The summed E-state index contributed by atoms with van der Waals surface area (Å²) < 4.78 is 0. The molecule has 0 unspecified atom stereocenters. The molecule has 0 aromatic carbocycles. The number of nitrogens with two attached hydrogens (primary N) is 2. The predicted octanol–water partition coefficient (Wildman–Crippen LogP) is -4.32. The number of amides is 5. The van der Waals surface area contributed by atoms with Gasteiger partial charge in [-0.05, 0) is 12.3 Å². The molecule has 230 valence electrons. The van der Waals surface area contributed by atoms with Gasteiger partial charge in [0.1, 0.15) is 24.2 Å². The largest absolute Gasteiger partial charge is 0.481 e. The van der Waals surface area contributed by atoms with Crippen LogP contribution in [0.4, 0.5) is 0 Å². The van der Waals surface area contributed by atoms with E-state index in [1.54, 1.807) is 0 Å². The number of carboxylic acids is 4. The fraction of sp³-hybridized carbons (Fsp3) is 0.591. The van der Waals surface area contributed by atoms with Crippen LogP contribution in [0, 0.1) is 5.92 Å². The lowest BCUT2D eigenvalue weighted by atomic mass is 10.0. The minimum atomic E-state index is -1.98. The molecule has 0 heterocycles. The minimum absolute atomic E-state index is 0.257. The van der Waals surface area contributed by atoms with Gasteiger partial charge >= 0.3 is 23.9 Å². The molecule has 19 heteroatoms. The van der Waals surface area contributed by atoms with E-state index in [2.05, 4.69) is 10.6 Å². The maximum Gasteiger partial charge on any atom is 0.326 e. The normalized spacial score (nSPS) is 14.3. The van der Waals surface area contributed by atoms with Gasteiger partial charge in [0.05, 0.1) is 25.3 Å². The van der Waals surface area contributed by atoms with Gasteiger partial charge in [-0.1, -0.05) is 13.8 Å². The van der Waals surface area contributed by atoms with Crippen molar-refractivity contribution in [3.8, 4) is 0 Å². The van der Waals surface area contributed by atoms with Crippen molar-refractivity contribution in [3.63, 3.8) is 0 Å². The molecule has 12 N–H and O–H groups in total. The molecule has 19 nitrogen and oxygen atoms in total. The maximum atomic E-state index is 12.9. The van der Waals surface area contributed by atoms with Crippen LogP contribution in [0.3, 0.4) is 0 Å². The Hall–Kier alpha value is -4.81. The zero-order chi connectivity index (χ0) is 32.0.